The Bertz CT molecular complexity index is 1090. The third kappa shape index (κ3) is 4.01. The molecule has 0 spiro atoms. The number of hydrogen-bond donors (Lipinski definition) is 1. The van der Waals surface area contributed by atoms with Gasteiger partial charge in [0, 0.05) is 16.7 Å². The van der Waals surface area contributed by atoms with Gasteiger partial charge in [-0.3, -0.25) is 4.79 Å². The van der Waals surface area contributed by atoms with E-state index in [1.165, 1.54) is 6.07 Å². The fourth-order valence-electron chi connectivity index (χ4n) is 3.83. The van der Waals surface area contributed by atoms with Crippen molar-refractivity contribution in [3.63, 3.8) is 0 Å². The number of rotatable bonds is 4. The van der Waals surface area contributed by atoms with Crippen LogP contribution in [-0.2, 0) is 15.1 Å². The molecule has 1 atom stereocenters. The second-order valence-electron chi connectivity index (χ2n) is 8.33. The van der Waals surface area contributed by atoms with Crippen LogP contribution in [0.3, 0.4) is 0 Å². The van der Waals surface area contributed by atoms with E-state index in [-0.39, 0.29) is 12.5 Å². The van der Waals surface area contributed by atoms with Crippen molar-refractivity contribution in [2.45, 2.75) is 31.9 Å². The van der Waals surface area contributed by atoms with Crippen LogP contribution in [0.15, 0.2) is 83.9 Å². The minimum Gasteiger partial charge on any atom is -0.363 e. The highest BCUT2D eigenvalue weighted by Gasteiger charge is 2.49. The molecule has 3 aromatic rings. The van der Waals surface area contributed by atoms with E-state index >= 15 is 0 Å². The lowest BCUT2D eigenvalue weighted by Crippen LogP contribution is -2.64. The zero-order valence-electron chi connectivity index (χ0n) is 17.9. The van der Waals surface area contributed by atoms with Crippen LogP contribution in [0.2, 0.25) is 0 Å². The molecule has 3 aromatic carbocycles. The van der Waals surface area contributed by atoms with Gasteiger partial charge >= 0.3 is 0 Å². The van der Waals surface area contributed by atoms with Gasteiger partial charge in [0.15, 0.2) is 0 Å². The van der Waals surface area contributed by atoms with E-state index in [2.05, 4.69) is 5.32 Å². The molecular weight excluding hydrogens is 391 g/mol. The lowest BCUT2D eigenvalue weighted by Gasteiger charge is -2.48. The van der Waals surface area contributed by atoms with Gasteiger partial charge in [-0.15, -0.1) is 0 Å². The Morgan fingerprint density at radius 3 is 2.10 bits per heavy atom. The third-order valence-electron chi connectivity index (χ3n) is 5.98. The molecule has 1 fully saturated rings. The first-order valence-electron chi connectivity index (χ1n) is 10.2. The van der Waals surface area contributed by atoms with Gasteiger partial charge in [0.1, 0.15) is 12.4 Å². The molecule has 4 nitrogen and oxygen atoms in total. The lowest BCUT2D eigenvalue weighted by atomic mass is 9.76. The Balaban J connectivity index is 1.85. The average Bonchev–Trinajstić information content (AvgIpc) is 2.77. The standard InChI is InChI=1S/C26H25FN2O2/c1-25(2)26(3,29-23(30)17-31-25)21-16-20(14-15-22(21)27)28-24(18-10-6-4-7-11-18)19-12-8-5-9-13-19/h4-16H,17H2,1-3H3,(H,29,30). The number of ether oxygens (including phenoxy) is 1. The summed E-state index contributed by atoms with van der Waals surface area (Å²) in [7, 11) is 0. The summed E-state index contributed by atoms with van der Waals surface area (Å²) in [5, 5.41) is 2.93. The molecule has 0 saturated carbocycles. The second-order valence-corrected chi connectivity index (χ2v) is 8.33. The van der Waals surface area contributed by atoms with Crippen LogP contribution < -0.4 is 5.32 Å². The smallest absolute Gasteiger partial charge is 0.246 e. The molecule has 1 amide bonds. The number of benzene rings is 3. The topological polar surface area (TPSA) is 50.7 Å². The van der Waals surface area contributed by atoms with E-state index in [0.717, 1.165) is 16.8 Å². The van der Waals surface area contributed by atoms with Crippen molar-refractivity contribution in [3.05, 3.63) is 101 Å². The van der Waals surface area contributed by atoms with Crippen LogP contribution in [0.1, 0.15) is 37.5 Å². The van der Waals surface area contributed by atoms with E-state index in [9.17, 15) is 9.18 Å². The Kier molecular flexibility index (Phi) is 5.46. The van der Waals surface area contributed by atoms with Crippen LogP contribution in [0.25, 0.3) is 0 Å². The van der Waals surface area contributed by atoms with Crippen molar-refractivity contribution < 1.29 is 13.9 Å². The van der Waals surface area contributed by atoms with Crippen molar-refractivity contribution in [2.75, 3.05) is 6.61 Å². The first-order valence-corrected chi connectivity index (χ1v) is 10.2. The summed E-state index contributed by atoms with van der Waals surface area (Å²) in [5.41, 5.74) is 1.79. The second kappa shape index (κ2) is 8.08. The molecule has 4 rings (SSSR count). The molecular formula is C26H25FN2O2. The van der Waals surface area contributed by atoms with Gasteiger partial charge in [0.25, 0.3) is 0 Å². The number of halogens is 1. The largest absolute Gasteiger partial charge is 0.363 e. The van der Waals surface area contributed by atoms with Crippen LogP contribution in [0, 0.1) is 5.82 Å². The maximum atomic E-state index is 15.0. The average molecular weight is 416 g/mol. The summed E-state index contributed by atoms with van der Waals surface area (Å²) in [4.78, 5) is 17.0. The molecule has 1 aliphatic rings. The highest BCUT2D eigenvalue weighted by atomic mass is 19.1. The first-order chi connectivity index (χ1) is 14.8. The third-order valence-corrected chi connectivity index (χ3v) is 5.98. The van der Waals surface area contributed by atoms with Crippen LogP contribution >= 0.6 is 0 Å². The lowest BCUT2D eigenvalue weighted by molar-refractivity contribution is -0.159. The number of nitrogens with zero attached hydrogens (tertiary/aromatic N) is 1. The molecule has 5 heteroatoms. The maximum absolute atomic E-state index is 15.0. The van der Waals surface area contributed by atoms with Gasteiger partial charge in [0.05, 0.1) is 22.5 Å². The number of carbonyl (C=O) groups is 1. The summed E-state index contributed by atoms with van der Waals surface area (Å²) in [6.45, 7) is 5.43. The van der Waals surface area contributed by atoms with E-state index < -0.39 is 17.0 Å². The summed E-state index contributed by atoms with van der Waals surface area (Å²) in [6, 6.07) is 24.5. The van der Waals surface area contributed by atoms with Gasteiger partial charge in [-0.25, -0.2) is 9.38 Å². The number of aliphatic imine (C=N–C) groups is 1. The SMILES string of the molecule is CC1(C)OCC(=O)NC1(C)c1cc(N=C(c2ccccc2)c2ccccc2)ccc1F. The summed E-state index contributed by atoms with van der Waals surface area (Å²) in [6.07, 6.45) is 0. The van der Waals surface area contributed by atoms with Gasteiger partial charge < -0.3 is 10.1 Å². The molecule has 158 valence electrons. The highest BCUT2D eigenvalue weighted by Crippen LogP contribution is 2.40. The van der Waals surface area contributed by atoms with Crippen molar-refractivity contribution in [3.8, 4) is 0 Å². The van der Waals surface area contributed by atoms with Gasteiger partial charge in [-0.1, -0.05) is 60.7 Å². The van der Waals surface area contributed by atoms with Crippen molar-refractivity contribution in [1.82, 2.24) is 5.32 Å². The quantitative estimate of drug-likeness (QED) is 0.599. The minimum atomic E-state index is -1.04. The minimum absolute atomic E-state index is 0.0474. The Morgan fingerprint density at radius 2 is 1.52 bits per heavy atom. The maximum Gasteiger partial charge on any atom is 0.246 e. The molecule has 31 heavy (non-hydrogen) atoms. The summed E-state index contributed by atoms with van der Waals surface area (Å²) >= 11 is 0. The van der Waals surface area contributed by atoms with Crippen molar-refractivity contribution in [1.29, 1.82) is 0 Å². The molecule has 1 N–H and O–H groups in total. The zero-order valence-corrected chi connectivity index (χ0v) is 17.9. The van der Waals surface area contributed by atoms with Gasteiger partial charge in [-0.2, -0.15) is 0 Å². The number of carbonyl (C=O) groups excluding carboxylic acids is 1. The molecule has 0 radical (unpaired) electrons. The fraction of sp³-hybridized carbons (Fsp3) is 0.231. The number of nitrogens with one attached hydrogen (secondary N) is 1. The van der Waals surface area contributed by atoms with Gasteiger partial charge in [-0.05, 0) is 39.0 Å². The first kappa shape index (κ1) is 20.9. The molecule has 0 aliphatic carbocycles. The molecule has 1 unspecified atom stereocenters. The number of amides is 1. The summed E-state index contributed by atoms with van der Waals surface area (Å²) < 4.78 is 20.7. The van der Waals surface area contributed by atoms with Crippen LogP contribution in [0.5, 0.6) is 0 Å². The normalized spacial score (nSPS) is 20.1. The highest BCUT2D eigenvalue weighted by molar-refractivity contribution is 6.13. The van der Waals surface area contributed by atoms with E-state index in [1.54, 1.807) is 19.1 Å². The monoisotopic (exact) mass is 416 g/mol. The number of morpholine rings is 1. The van der Waals surface area contributed by atoms with Crippen molar-refractivity contribution >= 4 is 17.3 Å². The number of hydrogen-bond acceptors (Lipinski definition) is 3. The van der Waals surface area contributed by atoms with Crippen LogP contribution in [0.4, 0.5) is 10.1 Å². The van der Waals surface area contributed by atoms with Crippen molar-refractivity contribution in [2.24, 2.45) is 4.99 Å². The molecule has 1 aliphatic heterocycles. The molecule has 1 saturated heterocycles. The van der Waals surface area contributed by atoms with E-state index in [4.69, 9.17) is 9.73 Å². The Hall–Kier alpha value is -3.31. The molecule has 1 heterocycles. The predicted molar refractivity (Wildman–Crippen MR) is 120 cm³/mol. The zero-order chi connectivity index (χ0) is 22.1. The Labute approximate surface area is 181 Å². The van der Waals surface area contributed by atoms with Gasteiger partial charge in [0.2, 0.25) is 5.91 Å². The fourth-order valence-corrected chi connectivity index (χ4v) is 3.83. The van der Waals surface area contributed by atoms with E-state index in [0.29, 0.717) is 11.3 Å². The molecule has 0 aromatic heterocycles. The van der Waals surface area contributed by atoms with E-state index in [1.807, 2.05) is 74.5 Å². The molecule has 0 bridgehead atoms. The summed E-state index contributed by atoms with van der Waals surface area (Å²) in [5.74, 6) is -0.689. The Morgan fingerprint density at radius 1 is 0.935 bits per heavy atom. The van der Waals surface area contributed by atoms with Crippen LogP contribution in [-0.4, -0.2) is 23.8 Å². The predicted octanol–water partition coefficient (Wildman–Crippen LogP) is 5.14.